The Bertz CT molecular complexity index is 657. The van der Waals surface area contributed by atoms with Gasteiger partial charge in [0.2, 0.25) is 0 Å². The van der Waals surface area contributed by atoms with Gasteiger partial charge < -0.3 is 4.90 Å². The number of halogens is 3. The summed E-state index contributed by atoms with van der Waals surface area (Å²) in [5.74, 6) is 0.609. The maximum Gasteiger partial charge on any atom is 0.417 e. The van der Waals surface area contributed by atoms with E-state index >= 15 is 0 Å². The third kappa shape index (κ3) is 4.06. The molecule has 0 unspecified atom stereocenters. The molecule has 1 aromatic heterocycles. The molecule has 0 bridgehead atoms. The van der Waals surface area contributed by atoms with Crippen LogP contribution in [0, 0.1) is 6.92 Å². The number of piperazine rings is 1. The summed E-state index contributed by atoms with van der Waals surface area (Å²) in [6, 6.07) is 11.0. The fourth-order valence-electron chi connectivity index (χ4n) is 2.83. The van der Waals surface area contributed by atoms with Crippen LogP contribution in [0.2, 0.25) is 0 Å². The number of hydrogen-bond donors (Lipinski definition) is 0. The average Bonchev–Trinajstić information content (AvgIpc) is 2.57. The van der Waals surface area contributed by atoms with E-state index in [2.05, 4.69) is 41.1 Å². The molecule has 3 rings (SSSR count). The Morgan fingerprint density at radius 3 is 2.17 bits per heavy atom. The highest BCUT2D eigenvalue weighted by atomic mass is 19.4. The lowest BCUT2D eigenvalue weighted by Crippen LogP contribution is -2.46. The first-order valence-corrected chi connectivity index (χ1v) is 7.98. The number of aryl methyl sites for hydroxylation is 1. The second kappa shape index (κ2) is 6.81. The molecule has 6 heteroatoms. The highest BCUT2D eigenvalue weighted by Crippen LogP contribution is 2.29. The highest BCUT2D eigenvalue weighted by molar-refractivity contribution is 5.40. The second-order valence-corrected chi connectivity index (χ2v) is 6.15. The zero-order chi connectivity index (χ0) is 17.2. The minimum atomic E-state index is -4.34. The fourth-order valence-corrected chi connectivity index (χ4v) is 2.83. The molecule has 0 amide bonds. The van der Waals surface area contributed by atoms with Gasteiger partial charge in [-0.25, -0.2) is 4.98 Å². The van der Waals surface area contributed by atoms with Crippen LogP contribution < -0.4 is 4.90 Å². The van der Waals surface area contributed by atoms with Gasteiger partial charge in [-0.3, -0.25) is 4.90 Å². The van der Waals surface area contributed by atoms with Gasteiger partial charge in [0.15, 0.2) is 0 Å². The molecule has 2 heterocycles. The predicted octanol–water partition coefficient (Wildman–Crippen LogP) is 3.73. The van der Waals surface area contributed by atoms with Crippen LogP contribution in [0.4, 0.5) is 19.0 Å². The standard InChI is InChI=1S/C18H20F3N3/c1-14-2-4-15(5-3-14)13-23-8-10-24(11-9-23)17-7-6-16(12-22-17)18(19,20)21/h2-7,12H,8-11,13H2,1H3. The lowest BCUT2D eigenvalue weighted by Gasteiger charge is -2.35. The van der Waals surface area contributed by atoms with Crippen molar-refractivity contribution >= 4 is 5.82 Å². The molecule has 1 aromatic carbocycles. The van der Waals surface area contributed by atoms with Crippen molar-refractivity contribution in [3.8, 4) is 0 Å². The maximum absolute atomic E-state index is 12.6. The van der Waals surface area contributed by atoms with Gasteiger partial charge in [-0.05, 0) is 24.6 Å². The summed E-state index contributed by atoms with van der Waals surface area (Å²) in [7, 11) is 0. The van der Waals surface area contributed by atoms with Crippen molar-refractivity contribution in [3.05, 3.63) is 59.3 Å². The molecule has 1 aliphatic heterocycles. The Morgan fingerprint density at radius 2 is 1.62 bits per heavy atom. The first-order chi connectivity index (χ1) is 11.4. The van der Waals surface area contributed by atoms with Crippen molar-refractivity contribution in [1.82, 2.24) is 9.88 Å². The molecule has 1 saturated heterocycles. The normalized spacial score (nSPS) is 16.4. The smallest absolute Gasteiger partial charge is 0.354 e. The van der Waals surface area contributed by atoms with Crippen molar-refractivity contribution in [2.75, 3.05) is 31.1 Å². The van der Waals surface area contributed by atoms with E-state index in [1.807, 2.05) is 4.90 Å². The number of benzene rings is 1. The number of nitrogens with zero attached hydrogens (tertiary/aromatic N) is 3. The van der Waals surface area contributed by atoms with Crippen molar-refractivity contribution in [3.63, 3.8) is 0 Å². The van der Waals surface area contributed by atoms with Crippen molar-refractivity contribution in [2.45, 2.75) is 19.6 Å². The molecule has 0 atom stereocenters. The number of aromatic nitrogens is 1. The number of hydrogen-bond acceptors (Lipinski definition) is 3. The molecule has 3 nitrogen and oxygen atoms in total. The molecule has 0 N–H and O–H groups in total. The summed E-state index contributed by atoms with van der Waals surface area (Å²) in [4.78, 5) is 8.36. The van der Waals surface area contributed by atoms with E-state index < -0.39 is 11.7 Å². The van der Waals surface area contributed by atoms with Crippen LogP contribution in [-0.4, -0.2) is 36.1 Å². The van der Waals surface area contributed by atoms with E-state index in [1.54, 1.807) is 0 Å². The summed E-state index contributed by atoms with van der Waals surface area (Å²) in [5, 5.41) is 0. The first kappa shape index (κ1) is 16.8. The minimum absolute atomic E-state index is 0.609. The Morgan fingerprint density at radius 1 is 0.958 bits per heavy atom. The predicted molar refractivity (Wildman–Crippen MR) is 87.9 cm³/mol. The summed E-state index contributed by atoms with van der Waals surface area (Å²) in [6.07, 6.45) is -3.42. The van der Waals surface area contributed by atoms with Crippen LogP contribution >= 0.6 is 0 Å². The summed E-state index contributed by atoms with van der Waals surface area (Å²) in [6.45, 7) is 6.25. The minimum Gasteiger partial charge on any atom is -0.354 e. The molecule has 1 aliphatic rings. The largest absolute Gasteiger partial charge is 0.417 e. The number of pyridine rings is 1. The van der Waals surface area contributed by atoms with Crippen LogP contribution in [-0.2, 0) is 12.7 Å². The van der Waals surface area contributed by atoms with E-state index in [-0.39, 0.29) is 0 Å². The lowest BCUT2D eigenvalue weighted by molar-refractivity contribution is -0.137. The van der Waals surface area contributed by atoms with E-state index in [4.69, 9.17) is 0 Å². The topological polar surface area (TPSA) is 19.4 Å². The molecule has 0 saturated carbocycles. The molecule has 24 heavy (non-hydrogen) atoms. The molecule has 128 valence electrons. The zero-order valence-electron chi connectivity index (χ0n) is 13.6. The van der Waals surface area contributed by atoms with Crippen LogP contribution in [0.25, 0.3) is 0 Å². The van der Waals surface area contributed by atoms with E-state index in [0.29, 0.717) is 5.82 Å². The van der Waals surface area contributed by atoms with E-state index in [1.165, 1.54) is 17.2 Å². The average molecular weight is 335 g/mol. The van der Waals surface area contributed by atoms with Gasteiger partial charge in [0.05, 0.1) is 5.56 Å². The zero-order valence-corrected chi connectivity index (χ0v) is 13.6. The van der Waals surface area contributed by atoms with Gasteiger partial charge in [-0.15, -0.1) is 0 Å². The van der Waals surface area contributed by atoms with Crippen molar-refractivity contribution < 1.29 is 13.2 Å². The summed E-state index contributed by atoms with van der Waals surface area (Å²) < 4.78 is 37.8. The summed E-state index contributed by atoms with van der Waals surface area (Å²) in [5.41, 5.74) is 1.82. The number of rotatable bonds is 3. The lowest BCUT2D eigenvalue weighted by atomic mass is 10.1. The van der Waals surface area contributed by atoms with E-state index in [9.17, 15) is 13.2 Å². The molecule has 0 aliphatic carbocycles. The van der Waals surface area contributed by atoms with Crippen LogP contribution in [0.15, 0.2) is 42.6 Å². The second-order valence-electron chi connectivity index (χ2n) is 6.15. The molecular formula is C18H20F3N3. The van der Waals surface area contributed by atoms with Gasteiger partial charge in [-0.2, -0.15) is 13.2 Å². The Kier molecular flexibility index (Phi) is 4.76. The maximum atomic E-state index is 12.6. The van der Waals surface area contributed by atoms with Crippen LogP contribution in [0.5, 0.6) is 0 Å². The number of anilines is 1. The molecule has 0 spiro atoms. The SMILES string of the molecule is Cc1ccc(CN2CCN(c3ccc(C(F)(F)F)cn3)CC2)cc1. The Balaban J connectivity index is 1.56. The molecule has 1 fully saturated rings. The van der Waals surface area contributed by atoms with Crippen LogP contribution in [0.3, 0.4) is 0 Å². The van der Waals surface area contributed by atoms with Crippen molar-refractivity contribution in [1.29, 1.82) is 0 Å². The van der Waals surface area contributed by atoms with Gasteiger partial charge in [0.1, 0.15) is 5.82 Å². The molecule has 0 radical (unpaired) electrons. The first-order valence-electron chi connectivity index (χ1n) is 7.98. The quantitative estimate of drug-likeness (QED) is 0.852. The van der Waals surface area contributed by atoms with Crippen molar-refractivity contribution in [2.24, 2.45) is 0 Å². The Labute approximate surface area is 139 Å². The van der Waals surface area contributed by atoms with Gasteiger partial charge in [-0.1, -0.05) is 29.8 Å². The molecular weight excluding hydrogens is 315 g/mol. The third-order valence-electron chi connectivity index (χ3n) is 4.30. The van der Waals surface area contributed by atoms with Gasteiger partial charge in [0, 0.05) is 38.9 Å². The van der Waals surface area contributed by atoms with Gasteiger partial charge >= 0.3 is 6.18 Å². The van der Waals surface area contributed by atoms with Crippen LogP contribution in [0.1, 0.15) is 16.7 Å². The monoisotopic (exact) mass is 335 g/mol. The third-order valence-corrected chi connectivity index (χ3v) is 4.30. The fraction of sp³-hybridized carbons (Fsp3) is 0.389. The summed E-state index contributed by atoms with van der Waals surface area (Å²) >= 11 is 0. The Hall–Kier alpha value is -2.08. The van der Waals surface area contributed by atoms with E-state index in [0.717, 1.165) is 45.0 Å². The molecule has 2 aromatic rings. The highest BCUT2D eigenvalue weighted by Gasteiger charge is 2.31. The number of alkyl halides is 3. The van der Waals surface area contributed by atoms with Gasteiger partial charge in [0.25, 0.3) is 0 Å².